The van der Waals surface area contributed by atoms with Crippen molar-refractivity contribution >= 4 is 16.7 Å². The highest BCUT2D eigenvalue weighted by Crippen LogP contribution is 2.36. The lowest BCUT2D eigenvalue weighted by atomic mass is 9.91. The number of nitrogens with zero attached hydrogens (tertiary/aromatic N) is 4. The molecule has 0 aromatic carbocycles. The third-order valence-corrected chi connectivity index (χ3v) is 4.49. The van der Waals surface area contributed by atoms with E-state index in [0.717, 1.165) is 48.1 Å². The number of hydrogen-bond acceptors (Lipinski definition) is 5. The molecule has 1 aliphatic heterocycles. The number of aromatic nitrogens is 4. The van der Waals surface area contributed by atoms with Crippen LogP contribution in [0.15, 0.2) is 37.2 Å². The number of pyridine rings is 1. The van der Waals surface area contributed by atoms with Gasteiger partial charge in [-0.25, -0.2) is 15.0 Å². The second-order valence-corrected chi connectivity index (χ2v) is 6.56. The van der Waals surface area contributed by atoms with Gasteiger partial charge in [0.2, 0.25) is 0 Å². The number of H-pyrrole nitrogens is 1. The summed E-state index contributed by atoms with van der Waals surface area (Å²) in [6.45, 7) is 3.99. The maximum absolute atomic E-state index is 6.39. The van der Waals surface area contributed by atoms with Gasteiger partial charge in [0.05, 0.1) is 5.39 Å². The van der Waals surface area contributed by atoms with Crippen molar-refractivity contribution in [2.24, 2.45) is 5.73 Å². The number of nitrogens with two attached hydrogens (primary N) is 1. The Kier molecular flexibility index (Phi) is 3.27. The van der Waals surface area contributed by atoms with Crippen LogP contribution in [0.4, 0.5) is 5.69 Å². The first-order valence-electron chi connectivity index (χ1n) is 7.89. The van der Waals surface area contributed by atoms with Gasteiger partial charge in [0.1, 0.15) is 12.0 Å². The van der Waals surface area contributed by atoms with Gasteiger partial charge in [0.25, 0.3) is 0 Å². The highest BCUT2D eigenvalue weighted by molar-refractivity contribution is 6.02. The maximum atomic E-state index is 6.39. The normalized spacial score (nSPS) is 21.7. The molecule has 0 spiro atoms. The van der Waals surface area contributed by atoms with Gasteiger partial charge >= 0.3 is 0 Å². The smallest absolute Gasteiger partial charge is 0.139 e. The Bertz CT molecular complexity index is 823. The molecule has 1 aliphatic rings. The summed E-state index contributed by atoms with van der Waals surface area (Å²) >= 11 is 0. The van der Waals surface area contributed by atoms with Crippen LogP contribution >= 0.6 is 0 Å². The summed E-state index contributed by atoms with van der Waals surface area (Å²) in [7, 11) is 0. The van der Waals surface area contributed by atoms with Crippen LogP contribution in [-0.2, 0) is 0 Å². The fraction of sp³-hybridized carbons (Fsp3) is 0.353. The summed E-state index contributed by atoms with van der Waals surface area (Å²) in [6.07, 6.45) is 11.2. The monoisotopic (exact) mass is 308 g/mol. The van der Waals surface area contributed by atoms with Gasteiger partial charge < -0.3 is 15.6 Å². The minimum atomic E-state index is -0.153. The van der Waals surface area contributed by atoms with Gasteiger partial charge in [-0.1, -0.05) is 0 Å². The Morgan fingerprint density at radius 3 is 2.91 bits per heavy atom. The van der Waals surface area contributed by atoms with E-state index in [1.807, 2.05) is 24.8 Å². The van der Waals surface area contributed by atoms with Crippen molar-refractivity contribution in [1.82, 2.24) is 19.9 Å². The molecule has 0 saturated carbocycles. The molecule has 4 heterocycles. The summed E-state index contributed by atoms with van der Waals surface area (Å²) in [5.74, 6) is 0. The van der Waals surface area contributed by atoms with Crippen LogP contribution in [0.1, 0.15) is 19.8 Å². The second kappa shape index (κ2) is 5.31. The van der Waals surface area contributed by atoms with Crippen LogP contribution in [0.25, 0.3) is 22.2 Å². The van der Waals surface area contributed by atoms with E-state index in [1.165, 1.54) is 5.69 Å². The molecule has 3 N–H and O–H groups in total. The Balaban J connectivity index is 1.86. The standard InChI is InChI=1S/C17H20N6/c1-17(18)4-2-6-23(10-17)14-3-5-21-16-15(14)13(9-22-16)12-7-19-11-20-8-12/h3,5,7-9,11H,2,4,6,10,18H2,1H3,(H,21,22). The lowest BCUT2D eigenvalue weighted by molar-refractivity contribution is 0.375. The van der Waals surface area contributed by atoms with E-state index in [0.29, 0.717) is 0 Å². The summed E-state index contributed by atoms with van der Waals surface area (Å²) in [5.41, 5.74) is 10.4. The maximum Gasteiger partial charge on any atom is 0.139 e. The first-order valence-corrected chi connectivity index (χ1v) is 7.89. The number of rotatable bonds is 2. The number of hydrogen-bond donors (Lipinski definition) is 2. The van der Waals surface area contributed by atoms with Crippen LogP contribution in [0.5, 0.6) is 0 Å². The average molecular weight is 308 g/mol. The van der Waals surface area contributed by atoms with E-state index in [2.05, 4.69) is 37.8 Å². The van der Waals surface area contributed by atoms with Crippen molar-refractivity contribution in [3.63, 3.8) is 0 Å². The van der Waals surface area contributed by atoms with Crippen molar-refractivity contribution in [3.05, 3.63) is 37.2 Å². The topological polar surface area (TPSA) is 83.7 Å². The van der Waals surface area contributed by atoms with E-state index < -0.39 is 0 Å². The Morgan fingerprint density at radius 1 is 1.30 bits per heavy atom. The van der Waals surface area contributed by atoms with Crippen LogP contribution in [0.3, 0.4) is 0 Å². The van der Waals surface area contributed by atoms with E-state index in [1.54, 1.807) is 6.33 Å². The molecule has 3 aromatic rings. The fourth-order valence-corrected chi connectivity index (χ4v) is 3.44. The molecule has 6 nitrogen and oxygen atoms in total. The molecule has 0 bridgehead atoms. The van der Waals surface area contributed by atoms with E-state index >= 15 is 0 Å². The number of piperidine rings is 1. The lowest BCUT2D eigenvalue weighted by Gasteiger charge is -2.39. The zero-order valence-electron chi connectivity index (χ0n) is 13.2. The van der Waals surface area contributed by atoms with Crippen molar-refractivity contribution in [3.8, 4) is 11.1 Å². The van der Waals surface area contributed by atoms with Crippen LogP contribution in [-0.4, -0.2) is 38.6 Å². The lowest BCUT2D eigenvalue weighted by Crippen LogP contribution is -2.52. The van der Waals surface area contributed by atoms with Gasteiger partial charge in [0, 0.05) is 60.2 Å². The molecule has 3 aromatic heterocycles. The summed E-state index contributed by atoms with van der Waals surface area (Å²) in [5, 5.41) is 1.11. The molecular formula is C17H20N6. The minimum Gasteiger partial charge on any atom is -0.369 e. The number of fused-ring (bicyclic) bond motifs is 1. The zero-order valence-corrected chi connectivity index (χ0v) is 13.2. The molecule has 0 amide bonds. The first-order chi connectivity index (χ1) is 11.1. The average Bonchev–Trinajstić information content (AvgIpc) is 2.99. The molecular weight excluding hydrogens is 288 g/mol. The van der Waals surface area contributed by atoms with Crippen LogP contribution < -0.4 is 10.6 Å². The molecule has 1 saturated heterocycles. The molecule has 1 fully saturated rings. The largest absolute Gasteiger partial charge is 0.369 e. The molecule has 0 aliphatic carbocycles. The number of anilines is 1. The molecule has 6 heteroatoms. The Morgan fingerprint density at radius 2 is 2.13 bits per heavy atom. The highest BCUT2D eigenvalue weighted by atomic mass is 15.2. The molecule has 0 radical (unpaired) electrons. The molecule has 118 valence electrons. The predicted octanol–water partition coefficient (Wildman–Crippen LogP) is 2.34. The Labute approximate surface area is 134 Å². The fourth-order valence-electron chi connectivity index (χ4n) is 3.44. The van der Waals surface area contributed by atoms with Gasteiger partial charge in [-0.2, -0.15) is 0 Å². The van der Waals surface area contributed by atoms with Gasteiger partial charge in [-0.05, 0) is 25.8 Å². The molecule has 4 rings (SSSR count). The quantitative estimate of drug-likeness (QED) is 0.759. The van der Waals surface area contributed by atoms with Crippen LogP contribution in [0, 0.1) is 0 Å². The number of aromatic amines is 1. The van der Waals surface area contributed by atoms with E-state index in [-0.39, 0.29) is 5.54 Å². The third-order valence-electron chi connectivity index (χ3n) is 4.49. The van der Waals surface area contributed by atoms with Gasteiger partial charge in [-0.3, -0.25) is 0 Å². The summed E-state index contributed by atoms with van der Waals surface area (Å²) in [4.78, 5) is 18.4. The van der Waals surface area contributed by atoms with E-state index in [9.17, 15) is 0 Å². The minimum absolute atomic E-state index is 0.153. The van der Waals surface area contributed by atoms with Crippen molar-refractivity contribution < 1.29 is 0 Å². The third kappa shape index (κ3) is 2.55. The van der Waals surface area contributed by atoms with Crippen molar-refractivity contribution in [2.75, 3.05) is 18.0 Å². The van der Waals surface area contributed by atoms with Gasteiger partial charge in [0.15, 0.2) is 0 Å². The zero-order chi connectivity index (χ0) is 15.9. The van der Waals surface area contributed by atoms with Crippen molar-refractivity contribution in [2.45, 2.75) is 25.3 Å². The molecule has 1 atom stereocenters. The van der Waals surface area contributed by atoms with Crippen molar-refractivity contribution in [1.29, 1.82) is 0 Å². The van der Waals surface area contributed by atoms with Gasteiger partial charge in [-0.15, -0.1) is 0 Å². The Hall–Kier alpha value is -2.47. The highest BCUT2D eigenvalue weighted by Gasteiger charge is 2.28. The summed E-state index contributed by atoms with van der Waals surface area (Å²) < 4.78 is 0. The number of nitrogens with one attached hydrogen (secondary N) is 1. The van der Waals surface area contributed by atoms with E-state index in [4.69, 9.17) is 5.73 Å². The summed E-state index contributed by atoms with van der Waals surface area (Å²) in [6, 6.07) is 2.07. The molecule has 23 heavy (non-hydrogen) atoms. The first kappa shape index (κ1) is 14.1. The SMILES string of the molecule is CC1(N)CCCN(c2ccnc3[nH]cc(-c4cncnc4)c23)C1. The molecule has 1 unspecified atom stereocenters. The predicted molar refractivity (Wildman–Crippen MR) is 91.2 cm³/mol. The van der Waals surface area contributed by atoms with Crippen LogP contribution in [0.2, 0.25) is 0 Å². The second-order valence-electron chi connectivity index (χ2n) is 6.56.